The molecule has 0 saturated carbocycles. The van der Waals surface area contributed by atoms with Crippen LogP contribution in [0.4, 0.5) is 4.39 Å². The standard InChI is InChI=1S/C9H11BrFNO/c1-5(4-12)8-6(11)2-3-7(13)9(8)10/h2-3,5,13H,4,12H2,1H3. The van der Waals surface area contributed by atoms with Crippen LogP contribution < -0.4 is 5.73 Å². The van der Waals surface area contributed by atoms with Crippen molar-refractivity contribution < 1.29 is 9.50 Å². The highest BCUT2D eigenvalue weighted by molar-refractivity contribution is 9.10. The molecule has 4 heteroatoms. The predicted molar refractivity (Wildman–Crippen MR) is 53.2 cm³/mol. The Bertz CT molecular complexity index is 317. The van der Waals surface area contributed by atoms with Crippen molar-refractivity contribution in [2.24, 2.45) is 5.73 Å². The molecule has 0 heterocycles. The molecule has 3 N–H and O–H groups in total. The first-order chi connectivity index (χ1) is 6.07. The first kappa shape index (κ1) is 10.5. The van der Waals surface area contributed by atoms with E-state index in [-0.39, 0.29) is 17.5 Å². The summed E-state index contributed by atoms with van der Waals surface area (Å²) in [5.74, 6) is -0.416. The van der Waals surface area contributed by atoms with E-state index in [4.69, 9.17) is 5.73 Å². The largest absolute Gasteiger partial charge is 0.507 e. The van der Waals surface area contributed by atoms with Crippen LogP contribution in [0.5, 0.6) is 5.75 Å². The lowest BCUT2D eigenvalue weighted by Crippen LogP contribution is -2.11. The predicted octanol–water partition coefficient (Wildman–Crippen LogP) is 2.36. The summed E-state index contributed by atoms with van der Waals surface area (Å²) < 4.78 is 13.7. The average molecular weight is 248 g/mol. The van der Waals surface area contributed by atoms with Gasteiger partial charge in [-0.3, -0.25) is 0 Å². The number of aromatic hydroxyl groups is 1. The molecular weight excluding hydrogens is 237 g/mol. The topological polar surface area (TPSA) is 46.2 Å². The van der Waals surface area contributed by atoms with Crippen LogP contribution in [0.3, 0.4) is 0 Å². The van der Waals surface area contributed by atoms with Crippen LogP contribution in [-0.2, 0) is 0 Å². The van der Waals surface area contributed by atoms with E-state index < -0.39 is 0 Å². The van der Waals surface area contributed by atoms with Crippen molar-refractivity contribution in [3.8, 4) is 5.75 Å². The zero-order valence-electron chi connectivity index (χ0n) is 7.22. The molecule has 2 nitrogen and oxygen atoms in total. The molecular formula is C9H11BrFNO. The molecule has 1 rings (SSSR count). The maximum Gasteiger partial charge on any atom is 0.130 e. The van der Waals surface area contributed by atoms with E-state index in [1.54, 1.807) is 0 Å². The van der Waals surface area contributed by atoms with Crippen molar-refractivity contribution in [1.82, 2.24) is 0 Å². The Labute approximate surface area is 84.7 Å². The van der Waals surface area contributed by atoms with E-state index in [0.717, 1.165) is 0 Å². The van der Waals surface area contributed by atoms with Gasteiger partial charge in [-0.05, 0) is 40.5 Å². The molecule has 1 aromatic rings. The van der Waals surface area contributed by atoms with Crippen molar-refractivity contribution in [3.63, 3.8) is 0 Å². The number of hydrogen-bond donors (Lipinski definition) is 2. The summed E-state index contributed by atoms with van der Waals surface area (Å²) in [6, 6.07) is 2.55. The van der Waals surface area contributed by atoms with Crippen LogP contribution in [0.1, 0.15) is 18.4 Å². The fraction of sp³-hybridized carbons (Fsp3) is 0.333. The minimum absolute atomic E-state index is 0.0386. The van der Waals surface area contributed by atoms with Gasteiger partial charge in [-0.2, -0.15) is 0 Å². The number of rotatable bonds is 2. The number of phenols is 1. The third-order valence-electron chi connectivity index (χ3n) is 1.95. The van der Waals surface area contributed by atoms with Gasteiger partial charge in [0.05, 0.1) is 4.47 Å². The minimum atomic E-state index is -0.345. The molecule has 1 aromatic carbocycles. The normalized spacial score (nSPS) is 12.9. The number of hydrogen-bond acceptors (Lipinski definition) is 2. The lowest BCUT2D eigenvalue weighted by molar-refractivity contribution is 0.465. The molecule has 0 spiro atoms. The Morgan fingerprint density at radius 1 is 1.62 bits per heavy atom. The maximum atomic E-state index is 13.3. The molecule has 72 valence electrons. The molecule has 1 atom stereocenters. The van der Waals surface area contributed by atoms with Crippen LogP contribution in [0, 0.1) is 5.82 Å². The molecule has 0 aliphatic carbocycles. The van der Waals surface area contributed by atoms with Gasteiger partial charge in [-0.25, -0.2) is 4.39 Å². The molecule has 0 aliphatic heterocycles. The summed E-state index contributed by atoms with van der Waals surface area (Å²) in [7, 11) is 0. The molecule has 13 heavy (non-hydrogen) atoms. The summed E-state index contributed by atoms with van der Waals surface area (Å²) >= 11 is 3.13. The number of nitrogens with two attached hydrogens (primary N) is 1. The molecule has 0 saturated heterocycles. The summed E-state index contributed by atoms with van der Waals surface area (Å²) in [6.07, 6.45) is 0. The van der Waals surface area contributed by atoms with E-state index in [0.29, 0.717) is 16.6 Å². The van der Waals surface area contributed by atoms with Gasteiger partial charge < -0.3 is 10.8 Å². The summed E-state index contributed by atoms with van der Waals surface area (Å²) in [5, 5.41) is 9.31. The zero-order valence-corrected chi connectivity index (χ0v) is 8.81. The second-order valence-corrected chi connectivity index (χ2v) is 3.72. The maximum absolute atomic E-state index is 13.3. The smallest absolute Gasteiger partial charge is 0.130 e. The Hall–Kier alpha value is -0.610. The van der Waals surface area contributed by atoms with Crippen molar-refractivity contribution >= 4 is 15.9 Å². The Morgan fingerprint density at radius 2 is 2.23 bits per heavy atom. The SMILES string of the molecule is CC(CN)c1c(F)ccc(O)c1Br. The highest BCUT2D eigenvalue weighted by Crippen LogP contribution is 2.33. The quantitative estimate of drug-likeness (QED) is 0.843. The van der Waals surface area contributed by atoms with Gasteiger partial charge in [0.25, 0.3) is 0 Å². The fourth-order valence-corrected chi connectivity index (χ4v) is 1.84. The van der Waals surface area contributed by atoms with E-state index >= 15 is 0 Å². The average Bonchev–Trinajstić information content (AvgIpc) is 2.12. The van der Waals surface area contributed by atoms with Gasteiger partial charge in [0.15, 0.2) is 0 Å². The molecule has 0 fully saturated rings. The third kappa shape index (κ3) is 2.00. The van der Waals surface area contributed by atoms with Gasteiger partial charge in [-0.15, -0.1) is 0 Å². The van der Waals surface area contributed by atoms with Crippen LogP contribution in [0.2, 0.25) is 0 Å². The second kappa shape index (κ2) is 4.07. The van der Waals surface area contributed by atoms with Crippen LogP contribution >= 0.6 is 15.9 Å². The Kier molecular flexibility index (Phi) is 3.27. The minimum Gasteiger partial charge on any atom is -0.507 e. The van der Waals surface area contributed by atoms with Gasteiger partial charge in [0.2, 0.25) is 0 Å². The highest BCUT2D eigenvalue weighted by Gasteiger charge is 2.15. The summed E-state index contributed by atoms with van der Waals surface area (Å²) in [6.45, 7) is 2.15. The van der Waals surface area contributed by atoms with Crippen molar-refractivity contribution in [3.05, 3.63) is 28.0 Å². The van der Waals surface area contributed by atoms with Gasteiger partial charge in [0, 0.05) is 5.56 Å². The molecule has 1 unspecified atom stereocenters. The van der Waals surface area contributed by atoms with E-state index in [1.807, 2.05) is 6.92 Å². The van der Waals surface area contributed by atoms with Crippen molar-refractivity contribution in [1.29, 1.82) is 0 Å². The third-order valence-corrected chi connectivity index (χ3v) is 2.79. The monoisotopic (exact) mass is 247 g/mol. The highest BCUT2D eigenvalue weighted by atomic mass is 79.9. The summed E-state index contributed by atoms with van der Waals surface area (Å²) in [4.78, 5) is 0. The van der Waals surface area contributed by atoms with E-state index in [2.05, 4.69) is 15.9 Å². The van der Waals surface area contributed by atoms with E-state index in [1.165, 1.54) is 12.1 Å². The number of phenolic OH excluding ortho intramolecular Hbond substituents is 1. The lowest BCUT2D eigenvalue weighted by atomic mass is 10.0. The van der Waals surface area contributed by atoms with Crippen LogP contribution in [0.25, 0.3) is 0 Å². The number of benzene rings is 1. The number of halogens is 2. The first-order valence-electron chi connectivity index (χ1n) is 3.94. The molecule has 0 radical (unpaired) electrons. The second-order valence-electron chi connectivity index (χ2n) is 2.93. The molecule has 0 aliphatic rings. The van der Waals surface area contributed by atoms with Gasteiger partial charge in [-0.1, -0.05) is 6.92 Å². The Morgan fingerprint density at radius 3 is 2.77 bits per heavy atom. The molecule has 0 amide bonds. The van der Waals surface area contributed by atoms with Crippen molar-refractivity contribution in [2.45, 2.75) is 12.8 Å². The fourth-order valence-electron chi connectivity index (χ4n) is 1.13. The van der Waals surface area contributed by atoms with Crippen molar-refractivity contribution in [2.75, 3.05) is 6.54 Å². The molecule has 0 aromatic heterocycles. The lowest BCUT2D eigenvalue weighted by Gasteiger charge is -2.13. The Balaban J connectivity index is 3.25. The first-order valence-corrected chi connectivity index (χ1v) is 4.74. The van der Waals surface area contributed by atoms with E-state index in [9.17, 15) is 9.50 Å². The molecule has 0 bridgehead atoms. The van der Waals surface area contributed by atoms with Crippen LogP contribution in [-0.4, -0.2) is 11.7 Å². The zero-order chi connectivity index (χ0) is 10.0. The van der Waals surface area contributed by atoms with Gasteiger partial charge >= 0.3 is 0 Å². The summed E-state index contributed by atoms with van der Waals surface area (Å²) in [5.41, 5.74) is 5.86. The van der Waals surface area contributed by atoms with Gasteiger partial charge in [0.1, 0.15) is 11.6 Å². The van der Waals surface area contributed by atoms with Crippen LogP contribution in [0.15, 0.2) is 16.6 Å².